The Kier molecular flexibility index (Phi) is 5.29. The second-order valence-electron chi connectivity index (χ2n) is 8.14. The summed E-state index contributed by atoms with van der Waals surface area (Å²) in [5.74, 6) is 0.303. The summed E-state index contributed by atoms with van der Waals surface area (Å²) in [6.45, 7) is 7.06. The van der Waals surface area contributed by atoms with Gasteiger partial charge in [0.1, 0.15) is 0 Å². The average molecular weight is 375 g/mol. The number of aromatic nitrogens is 2. The fourth-order valence-corrected chi connectivity index (χ4v) is 4.86. The van der Waals surface area contributed by atoms with Crippen LogP contribution in [0, 0.1) is 11.3 Å². The lowest BCUT2D eigenvalue weighted by molar-refractivity contribution is -0.149. The molecule has 0 saturated carbocycles. The van der Waals surface area contributed by atoms with Crippen molar-refractivity contribution in [3.05, 3.63) is 18.0 Å². The first-order chi connectivity index (χ1) is 13.1. The number of carbonyl (C=O) groups is 1. The number of ether oxygens (including phenoxy) is 1. The Morgan fingerprint density at radius 3 is 2.52 bits per heavy atom. The van der Waals surface area contributed by atoms with Gasteiger partial charge in [0, 0.05) is 83.3 Å². The maximum absolute atomic E-state index is 12.1. The van der Waals surface area contributed by atoms with Gasteiger partial charge in [-0.3, -0.25) is 14.6 Å². The molecule has 0 amide bonds. The predicted octanol–water partition coefficient (Wildman–Crippen LogP) is 0.542. The number of likely N-dealkylation sites (tertiary alicyclic amines) is 2. The van der Waals surface area contributed by atoms with Gasteiger partial charge in [0.2, 0.25) is 5.95 Å². The van der Waals surface area contributed by atoms with Crippen LogP contribution in [0.25, 0.3) is 0 Å². The Balaban J connectivity index is 1.38. The number of nitrogens with zero attached hydrogens (tertiary/aromatic N) is 5. The van der Waals surface area contributed by atoms with Crippen molar-refractivity contribution < 1.29 is 14.6 Å². The largest absolute Gasteiger partial charge is 0.481 e. The fourth-order valence-electron chi connectivity index (χ4n) is 4.86. The van der Waals surface area contributed by atoms with Gasteiger partial charge in [-0.15, -0.1) is 0 Å². The summed E-state index contributed by atoms with van der Waals surface area (Å²) in [7, 11) is 1.68. The van der Waals surface area contributed by atoms with Crippen LogP contribution in [0.4, 0.5) is 5.95 Å². The van der Waals surface area contributed by atoms with Crippen LogP contribution >= 0.6 is 0 Å². The molecule has 0 radical (unpaired) electrons. The third-order valence-electron chi connectivity index (χ3n) is 6.27. The lowest BCUT2D eigenvalue weighted by Gasteiger charge is -2.25. The molecule has 1 aromatic rings. The normalized spacial score (nSPS) is 28.8. The molecule has 0 bridgehead atoms. The van der Waals surface area contributed by atoms with Gasteiger partial charge in [-0.25, -0.2) is 9.97 Å². The van der Waals surface area contributed by atoms with Crippen LogP contribution in [-0.4, -0.2) is 90.4 Å². The molecule has 1 N–H and O–H groups in total. The summed E-state index contributed by atoms with van der Waals surface area (Å²) in [4.78, 5) is 27.8. The molecule has 4 heterocycles. The van der Waals surface area contributed by atoms with E-state index in [1.54, 1.807) is 7.11 Å². The molecule has 3 fully saturated rings. The molecule has 2 atom stereocenters. The monoisotopic (exact) mass is 375 g/mol. The third kappa shape index (κ3) is 3.66. The van der Waals surface area contributed by atoms with Gasteiger partial charge in [0.05, 0.1) is 12.0 Å². The standard InChI is InChI=1S/C19H29N5O3/c1-27-7-6-22-11-16-12-23(14-19(16,13-22)17(25)26)10-15-8-20-18(21-9-15)24-4-2-3-5-24/h8-9,16H,2-7,10-14H2,1H3,(H,25,26)/t16-,19-/m1/s1. The van der Waals surface area contributed by atoms with Crippen LogP contribution in [0.3, 0.4) is 0 Å². The SMILES string of the molecule is COCCN1C[C@@H]2CN(Cc3cnc(N4CCCC4)nc3)C[C@]2(C(=O)O)C1. The van der Waals surface area contributed by atoms with E-state index >= 15 is 0 Å². The zero-order chi connectivity index (χ0) is 18.9. The van der Waals surface area contributed by atoms with Crippen LogP contribution in [0.15, 0.2) is 12.4 Å². The maximum atomic E-state index is 12.1. The summed E-state index contributed by atoms with van der Waals surface area (Å²) in [5, 5.41) is 9.94. The molecule has 0 aromatic carbocycles. The topological polar surface area (TPSA) is 82.0 Å². The molecule has 3 aliphatic heterocycles. The smallest absolute Gasteiger partial charge is 0.312 e. The summed E-state index contributed by atoms with van der Waals surface area (Å²) in [6.07, 6.45) is 6.21. The minimum atomic E-state index is -0.671. The van der Waals surface area contributed by atoms with E-state index in [0.29, 0.717) is 26.2 Å². The Labute approximate surface area is 160 Å². The number of anilines is 1. The number of hydrogen-bond acceptors (Lipinski definition) is 7. The van der Waals surface area contributed by atoms with Gasteiger partial charge in [-0.05, 0) is 12.8 Å². The summed E-state index contributed by atoms with van der Waals surface area (Å²) in [6, 6.07) is 0. The summed E-state index contributed by atoms with van der Waals surface area (Å²) >= 11 is 0. The first-order valence-electron chi connectivity index (χ1n) is 9.83. The van der Waals surface area contributed by atoms with Gasteiger partial charge < -0.3 is 14.7 Å². The van der Waals surface area contributed by atoms with Crippen molar-refractivity contribution in [1.82, 2.24) is 19.8 Å². The first kappa shape index (κ1) is 18.6. The number of rotatable bonds is 7. The number of hydrogen-bond donors (Lipinski definition) is 1. The molecule has 0 spiro atoms. The van der Waals surface area contributed by atoms with E-state index in [2.05, 4.69) is 24.7 Å². The van der Waals surface area contributed by atoms with Crippen molar-refractivity contribution in [2.45, 2.75) is 19.4 Å². The second-order valence-corrected chi connectivity index (χ2v) is 8.14. The van der Waals surface area contributed by atoms with E-state index in [1.165, 1.54) is 12.8 Å². The molecular formula is C19H29N5O3. The van der Waals surface area contributed by atoms with Gasteiger partial charge in [0.25, 0.3) is 0 Å². The number of methoxy groups -OCH3 is 1. The van der Waals surface area contributed by atoms with E-state index in [0.717, 1.165) is 44.2 Å². The third-order valence-corrected chi connectivity index (χ3v) is 6.27. The zero-order valence-corrected chi connectivity index (χ0v) is 16.0. The Morgan fingerprint density at radius 2 is 1.89 bits per heavy atom. The van der Waals surface area contributed by atoms with Gasteiger partial charge in [-0.1, -0.05) is 0 Å². The molecule has 148 valence electrons. The quantitative estimate of drug-likeness (QED) is 0.740. The van der Waals surface area contributed by atoms with Crippen molar-refractivity contribution in [2.24, 2.45) is 11.3 Å². The van der Waals surface area contributed by atoms with Crippen molar-refractivity contribution in [3.8, 4) is 0 Å². The molecular weight excluding hydrogens is 346 g/mol. The van der Waals surface area contributed by atoms with Crippen LogP contribution in [0.5, 0.6) is 0 Å². The predicted molar refractivity (Wildman–Crippen MR) is 101 cm³/mol. The summed E-state index contributed by atoms with van der Waals surface area (Å²) in [5.41, 5.74) is 0.388. The number of fused-ring (bicyclic) bond motifs is 1. The van der Waals surface area contributed by atoms with Crippen LogP contribution in [0.2, 0.25) is 0 Å². The molecule has 1 aromatic heterocycles. The molecule has 0 unspecified atom stereocenters. The molecule has 8 nitrogen and oxygen atoms in total. The van der Waals surface area contributed by atoms with Gasteiger partial charge in [-0.2, -0.15) is 0 Å². The minimum Gasteiger partial charge on any atom is -0.481 e. The molecule has 8 heteroatoms. The fraction of sp³-hybridized carbons (Fsp3) is 0.737. The Morgan fingerprint density at radius 1 is 1.22 bits per heavy atom. The molecule has 27 heavy (non-hydrogen) atoms. The summed E-state index contributed by atoms with van der Waals surface area (Å²) < 4.78 is 5.15. The van der Waals surface area contributed by atoms with Crippen molar-refractivity contribution >= 4 is 11.9 Å². The highest BCUT2D eigenvalue weighted by atomic mass is 16.5. The van der Waals surface area contributed by atoms with E-state index in [1.807, 2.05) is 12.4 Å². The zero-order valence-electron chi connectivity index (χ0n) is 16.0. The highest BCUT2D eigenvalue weighted by Gasteiger charge is 2.57. The first-order valence-corrected chi connectivity index (χ1v) is 9.83. The maximum Gasteiger partial charge on any atom is 0.312 e. The number of aliphatic carboxylic acids is 1. The molecule has 4 rings (SSSR count). The van der Waals surface area contributed by atoms with Crippen molar-refractivity contribution in [3.63, 3.8) is 0 Å². The van der Waals surface area contributed by atoms with Crippen LogP contribution < -0.4 is 4.90 Å². The van der Waals surface area contributed by atoms with Crippen molar-refractivity contribution in [2.75, 3.05) is 64.4 Å². The minimum absolute atomic E-state index is 0.164. The lowest BCUT2D eigenvalue weighted by Crippen LogP contribution is -2.41. The Hall–Kier alpha value is -1.77. The average Bonchev–Trinajstić information content (AvgIpc) is 3.35. The van der Waals surface area contributed by atoms with Gasteiger partial charge >= 0.3 is 5.97 Å². The van der Waals surface area contributed by atoms with Crippen LogP contribution in [-0.2, 0) is 16.1 Å². The van der Waals surface area contributed by atoms with Gasteiger partial charge in [0.15, 0.2) is 0 Å². The van der Waals surface area contributed by atoms with Crippen molar-refractivity contribution in [1.29, 1.82) is 0 Å². The van der Waals surface area contributed by atoms with E-state index in [9.17, 15) is 9.90 Å². The van der Waals surface area contributed by atoms with E-state index in [4.69, 9.17) is 4.74 Å². The number of carboxylic acids is 1. The highest BCUT2D eigenvalue weighted by molar-refractivity contribution is 5.77. The molecule has 3 aliphatic rings. The van der Waals surface area contributed by atoms with E-state index < -0.39 is 11.4 Å². The molecule has 0 aliphatic carbocycles. The lowest BCUT2D eigenvalue weighted by atomic mass is 9.81. The second kappa shape index (κ2) is 7.69. The Bertz CT molecular complexity index is 664. The van der Waals surface area contributed by atoms with Crippen LogP contribution in [0.1, 0.15) is 18.4 Å². The number of carboxylic acid groups (broad SMARTS) is 1. The van der Waals surface area contributed by atoms with E-state index in [-0.39, 0.29) is 5.92 Å². The molecule has 3 saturated heterocycles. The highest BCUT2D eigenvalue weighted by Crippen LogP contribution is 2.43.